The maximum absolute atomic E-state index is 13.2. The van der Waals surface area contributed by atoms with Crippen molar-refractivity contribution in [2.24, 2.45) is 0 Å². The standard InChI is InChI=1S/C37H24O4S2/c38-36(28-14-1-5-18-32(28)42(40)33-19-6-2-15-29(33)36)23-10-13-26-11-9-12-27(25-26)22-24-37(39)30-16-3-7-20-34(30)43(41)35-21-8-4-17-31(35)37/h1-9,11-12,14-21,25,38-39H,13H2. The molecule has 7 rings (SSSR count). The van der Waals surface area contributed by atoms with Gasteiger partial charge in [0.15, 0.2) is 30.8 Å². The molecule has 2 heterocycles. The molecule has 0 spiro atoms. The Hall–Kier alpha value is -4.24. The average molecular weight is 597 g/mol. The molecule has 0 saturated carbocycles. The predicted octanol–water partition coefficient (Wildman–Crippen LogP) is 5.42. The molecule has 5 aromatic carbocycles. The highest BCUT2D eigenvalue weighted by molar-refractivity contribution is 7.92. The van der Waals surface area contributed by atoms with E-state index in [1.165, 1.54) is 0 Å². The maximum atomic E-state index is 13.2. The number of aliphatic hydroxyl groups is 2. The van der Waals surface area contributed by atoms with Crippen LogP contribution in [0.3, 0.4) is 0 Å². The third kappa shape index (κ3) is 4.57. The fraction of sp³-hybridized carbons (Fsp3) is 0.0811. The molecule has 0 aromatic heterocycles. The lowest BCUT2D eigenvalue weighted by Gasteiger charge is -2.32. The predicted molar refractivity (Wildman–Crippen MR) is 166 cm³/mol. The summed E-state index contributed by atoms with van der Waals surface area (Å²) in [5.74, 6) is 12.5. The van der Waals surface area contributed by atoms with Crippen LogP contribution in [-0.2, 0) is 40.0 Å². The smallest absolute Gasteiger partial charge is 0.187 e. The first kappa shape index (κ1) is 27.6. The molecule has 5 aromatic rings. The van der Waals surface area contributed by atoms with E-state index in [1.54, 1.807) is 48.5 Å². The van der Waals surface area contributed by atoms with Gasteiger partial charge in [0, 0.05) is 34.3 Å². The summed E-state index contributed by atoms with van der Waals surface area (Å²) >= 11 is -2.81. The second-order valence-corrected chi connectivity index (χ2v) is 13.2. The Labute approximate surface area is 256 Å². The Balaban J connectivity index is 1.22. The molecule has 0 atom stereocenters. The lowest BCUT2D eigenvalue weighted by Crippen LogP contribution is -2.33. The normalized spacial score (nSPS) is 22.8. The van der Waals surface area contributed by atoms with Crippen LogP contribution in [0.4, 0.5) is 0 Å². The summed E-state index contributed by atoms with van der Waals surface area (Å²) in [6, 6.07) is 36.2. The van der Waals surface area contributed by atoms with E-state index in [9.17, 15) is 19.3 Å². The third-order valence-corrected chi connectivity index (χ3v) is 10.8. The van der Waals surface area contributed by atoms with Gasteiger partial charge >= 0.3 is 0 Å². The van der Waals surface area contributed by atoms with Crippen LogP contribution < -0.4 is 0 Å². The van der Waals surface area contributed by atoms with Crippen LogP contribution in [0.25, 0.3) is 0 Å². The lowest BCUT2D eigenvalue weighted by molar-refractivity contribution is 0.136. The van der Waals surface area contributed by atoms with E-state index >= 15 is 0 Å². The van der Waals surface area contributed by atoms with Gasteiger partial charge in [-0.05, 0) is 66.2 Å². The van der Waals surface area contributed by atoms with Crippen molar-refractivity contribution in [2.75, 3.05) is 0 Å². The molecule has 0 radical (unpaired) electrons. The first-order valence-electron chi connectivity index (χ1n) is 13.7. The zero-order valence-corrected chi connectivity index (χ0v) is 24.4. The van der Waals surface area contributed by atoms with E-state index in [1.807, 2.05) is 72.8 Å². The van der Waals surface area contributed by atoms with E-state index in [4.69, 9.17) is 0 Å². The van der Waals surface area contributed by atoms with Crippen LogP contribution in [-0.4, -0.2) is 19.3 Å². The molecule has 0 fully saturated rings. The van der Waals surface area contributed by atoms with E-state index < -0.39 is 33.6 Å². The molecular weight excluding hydrogens is 573 g/mol. The minimum absolute atomic E-state index is 0.347. The Morgan fingerprint density at radius 3 is 1.42 bits per heavy atom. The van der Waals surface area contributed by atoms with E-state index in [0.29, 0.717) is 53.8 Å². The van der Waals surface area contributed by atoms with Gasteiger partial charge < -0.3 is 19.3 Å². The Bertz CT molecular complexity index is 1920. The van der Waals surface area contributed by atoms with Crippen molar-refractivity contribution in [3.8, 4) is 23.7 Å². The molecule has 6 heteroatoms. The molecule has 2 N–H and O–H groups in total. The first-order valence-corrected chi connectivity index (χ1v) is 16.0. The fourth-order valence-electron chi connectivity index (χ4n) is 5.70. The van der Waals surface area contributed by atoms with Crippen molar-refractivity contribution in [1.29, 1.82) is 0 Å². The zero-order chi connectivity index (χ0) is 29.6. The van der Waals surface area contributed by atoms with E-state index in [-0.39, 0.29) is 0 Å². The largest absolute Gasteiger partial charge is 0.606 e. The average Bonchev–Trinajstić information content (AvgIpc) is 3.06. The van der Waals surface area contributed by atoms with Gasteiger partial charge in [-0.25, -0.2) is 0 Å². The van der Waals surface area contributed by atoms with Crippen LogP contribution in [0.5, 0.6) is 0 Å². The molecule has 0 bridgehead atoms. The van der Waals surface area contributed by atoms with Crippen molar-refractivity contribution in [1.82, 2.24) is 0 Å². The Kier molecular flexibility index (Phi) is 6.92. The summed E-state index contributed by atoms with van der Waals surface area (Å²) in [7, 11) is 0. The third-order valence-electron chi connectivity index (χ3n) is 7.78. The summed E-state index contributed by atoms with van der Waals surface area (Å²) < 4.78 is 26.4. The molecule has 2 aliphatic rings. The molecule has 208 valence electrons. The maximum Gasteiger partial charge on any atom is 0.187 e. The van der Waals surface area contributed by atoms with Crippen LogP contribution in [0.1, 0.15) is 33.4 Å². The van der Waals surface area contributed by atoms with Crippen molar-refractivity contribution < 1.29 is 19.3 Å². The zero-order valence-electron chi connectivity index (χ0n) is 22.8. The van der Waals surface area contributed by atoms with Gasteiger partial charge in [0.2, 0.25) is 0 Å². The van der Waals surface area contributed by atoms with Crippen molar-refractivity contribution in [2.45, 2.75) is 37.2 Å². The van der Waals surface area contributed by atoms with Gasteiger partial charge in [-0.3, -0.25) is 0 Å². The van der Waals surface area contributed by atoms with Crippen molar-refractivity contribution in [3.05, 3.63) is 155 Å². The Morgan fingerprint density at radius 1 is 0.535 bits per heavy atom. The first-order chi connectivity index (χ1) is 20.9. The van der Waals surface area contributed by atoms with Crippen LogP contribution in [0, 0.1) is 23.7 Å². The fourth-order valence-corrected chi connectivity index (χ4v) is 8.65. The van der Waals surface area contributed by atoms with Gasteiger partial charge in [0.25, 0.3) is 0 Å². The van der Waals surface area contributed by atoms with Gasteiger partial charge in [0.1, 0.15) is 0 Å². The second kappa shape index (κ2) is 10.8. The summed E-state index contributed by atoms with van der Waals surface area (Å²) in [4.78, 5) is 2.22. The van der Waals surface area contributed by atoms with E-state index in [2.05, 4.69) is 23.7 Å². The number of hydrogen-bond donors (Lipinski definition) is 2. The quantitative estimate of drug-likeness (QED) is 0.200. The highest BCUT2D eigenvalue weighted by Gasteiger charge is 2.45. The molecule has 0 saturated heterocycles. The highest BCUT2D eigenvalue weighted by atomic mass is 32.2. The molecule has 0 aliphatic carbocycles. The topological polar surface area (TPSA) is 86.6 Å². The Morgan fingerprint density at radius 2 is 0.953 bits per heavy atom. The summed E-state index contributed by atoms with van der Waals surface area (Å²) in [5.41, 5.74) is 0.458. The van der Waals surface area contributed by atoms with Crippen LogP contribution in [0.15, 0.2) is 141 Å². The summed E-state index contributed by atoms with van der Waals surface area (Å²) in [6.45, 7) is 0. The second-order valence-electron chi connectivity index (χ2n) is 10.4. The molecule has 0 unspecified atom stereocenters. The number of rotatable bonds is 1. The van der Waals surface area contributed by atoms with Crippen LogP contribution >= 0.6 is 0 Å². The van der Waals surface area contributed by atoms with Crippen molar-refractivity contribution in [3.63, 3.8) is 0 Å². The molecule has 0 amide bonds. The summed E-state index contributed by atoms with van der Waals surface area (Å²) in [5, 5.41) is 23.8. The number of hydrogen-bond acceptors (Lipinski definition) is 4. The monoisotopic (exact) mass is 596 g/mol. The molecule has 43 heavy (non-hydrogen) atoms. The molecular formula is C37H24O4S2. The SMILES string of the molecule is [O-][S+]1c2ccccc2C(O)(C#CCc2cccc(C#CC3(O)c4ccccc4[S+]([O-])c4ccccc43)c2)c2ccccc21. The minimum Gasteiger partial charge on any atom is -0.606 e. The molecule has 4 nitrogen and oxygen atoms in total. The lowest BCUT2D eigenvalue weighted by atomic mass is 9.86. The van der Waals surface area contributed by atoms with Gasteiger partial charge in [-0.1, -0.05) is 84.3 Å². The summed E-state index contributed by atoms with van der Waals surface area (Å²) in [6.07, 6.45) is 0.347. The number of fused-ring (bicyclic) bond motifs is 4. The van der Waals surface area contributed by atoms with Gasteiger partial charge in [-0.15, -0.1) is 0 Å². The van der Waals surface area contributed by atoms with Gasteiger partial charge in [0.05, 0.1) is 22.3 Å². The highest BCUT2D eigenvalue weighted by Crippen LogP contribution is 2.45. The number of benzene rings is 5. The van der Waals surface area contributed by atoms with Crippen LogP contribution in [0.2, 0.25) is 0 Å². The van der Waals surface area contributed by atoms with Gasteiger partial charge in [-0.2, -0.15) is 0 Å². The van der Waals surface area contributed by atoms with E-state index in [0.717, 1.165) is 5.56 Å². The molecule has 2 aliphatic heterocycles. The van der Waals surface area contributed by atoms with Crippen molar-refractivity contribution >= 4 is 22.4 Å². The minimum atomic E-state index is -1.62.